The van der Waals surface area contributed by atoms with Gasteiger partial charge in [-0.2, -0.15) is 0 Å². The molecule has 0 fully saturated rings. The first-order valence-corrected chi connectivity index (χ1v) is 3.44. The van der Waals surface area contributed by atoms with Gasteiger partial charge in [0.25, 0.3) is 5.91 Å². The van der Waals surface area contributed by atoms with Gasteiger partial charge < -0.3 is 14.7 Å². The highest BCUT2D eigenvalue weighted by molar-refractivity contribution is 5.84. The summed E-state index contributed by atoms with van der Waals surface area (Å²) in [4.78, 5) is 22.7. The van der Waals surface area contributed by atoms with Crippen LogP contribution in [0.5, 0.6) is 0 Å². The quantitative estimate of drug-likeness (QED) is 0.629. The Hall–Kier alpha value is -1.10. The monoisotopic (exact) mass is 175 g/mol. The molecule has 0 bridgehead atoms. The first-order chi connectivity index (χ1) is 5.49. The van der Waals surface area contributed by atoms with E-state index >= 15 is 0 Å². The zero-order chi connectivity index (χ0) is 9.72. The molecule has 0 aromatic carbocycles. The maximum atomic E-state index is 11.1. The molecular weight excluding hydrogens is 162 g/mol. The summed E-state index contributed by atoms with van der Waals surface area (Å²) in [5.41, 5.74) is 0. The van der Waals surface area contributed by atoms with Crippen molar-refractivity contribution in [2.75, 3.05) is 21.2 Å². The van der Waals surface area contributed by atoms with Crippen LogP contribution in [0.15, 0.2) is 0 Å². The normalized spacial score (nSPS) is 12.2. The number of hydrogen-bond donors (Lipinski definition) is 1. The highest BCUT2D eigenvalue weighted by atomic mass is 16.5. The van der Waals surface area contributed by atoms with Crippen LogP contribution in [0.1, 0.15) is 6.42 Å². The lowest BCUT2D eigenvalue weighted by Crippen LogP contribution is -2.36. The summed E-state index contributed by atoms with van der Waals surface area (Å²) in [5, 5.41) is 8.39. The molecule has 0 aliphatic rings. The van der Waals surface area contributed by atoms with E-state index in [9.17, 15) is 9.59 Å². The number of ether oxygens (including phenoxy) is 1. The molecule has 0 rings (SSSR count). The molecule has 0 aliphatic heterocycles. The first kappa shape index (κ1) is 10.9. The number of hydrogen-bond acceptors (Lipinski definition) is 3. The molecule has 0 aromatic rings. The Balaban J connectivity index is 4.15. The largest absolute Gasteiger partial charge is 0.481 e. The van der Waals surface area contributed by atoms with Gasteiger partial charge >= 0.3 is 5.97 Å². The lowest BCUT2D eigenvalue weighted by Gasteiger charge is -2.17. The molecule has 0 aromatic heterocycles. The summed E-state index contributed by atoms with van der Waals surface area (Å²) >= 11 is 0. The third-order valence-corrected chi connectivity index (χ3v) is 1.36. The van der Waals surface area contributed by atoms with Gasteiger partial charge in [0.1, 0.15) is 6.10 Å². The number of methoxy groups -OCH3 is 1. The zero-order valence-corrected chi connectivity index (χ0v) is 7.40. The smallest absolute Gasteiger partial charge is 0.306 e. The molecule has 1 amide bonds. The van der Waals surface area contributed by atoms with Crippen molar-refractivity contribution in [1.29, 1.82) is 0 Å². The van der Waals surface area contributed by atoms with Crippen LogP contribution in [-0.2, 0) is 14.3 Å². The second-order valence-corrected chi connectivity index (χ2v) is 2.55. The maximum absolute atomic E-state index is 11.1. The molecule has 0 saturated heterocycles. The van der Waals surface area contributed by atoms with E-state index in [0.29, 0.717) is 0 Å². The van der Waals surface area contributed by atoms with Crippen LogP contribution in [0.2, 0.25) is 0 Å². The average molecular weight is 175 g/mol. The molecule has 1 atom stereocenters. The molecule has 12 heavy (non-hydrogen) atoms. The number of carboxylic acids is 1. The van der Waals surface area contributed by atoms with Crippen LogP contribution >= 0.6 is 0 Å². The number of carbonyl (C=O) groups is 2. The fourth-order valence-corrected chi connectivity index (χ4v) is 0.718. The highest BCUT2D eigenvalue weighted by Gasteiger charge is 2.22. The topological polar surface area (TPSA) is 66.8 Å². The van der Waals surface area contributed by atoms with Crippen molar-refractivity contribution in [3.05, 3.63) is 0 Å². The number of carboxylic acid groups (broad SMARTS) is 1. The molecule has 0 unspecified atom stereocenters. The van der Waals surface area contributed by atoms with Crippen molar-refractivity contribution >= 4 is 11.9 Å². The van der Waals surface area contributed by atoms with Gasteiger partial charge in [-0.15, -0.1) is 0 Å². The molecule has 5 nitrogen and oxygen atoms in total. The molecular formula is C7H13NO4. The minimum absolute atomic E-state index is 0.298. The van der Waals surface area contributed by atoms with Crippen molar-refractivity contribution in [1.82, 2.24) is 4.90 Å². The van der Waals surface area contributed by atoms with E-state index in [1.165, 1.54) is 12.0 Å². The summed E-state index contributed by atoms with van der Waals surface area (Å²) in [6.45, 7) is 0. The van der Waals surface area contributed by atoms with Crippen molar-refractivity contribution in [3.63, 3.8) is 0 Å². The van der Waals surface area contributed by atoms with Gasteiger partial charge in [-0.3, -0.25) is 9.59 Å². The molecule has 0 aliphatic carbocycles. The van der Waals surface area contributed by atoms with Crippen molar-refractivity contribution in [3.8, 4) is 0 Å². The lowest BCUT2D eigenvalue weighted by molar-refractivity contribution is -0.148. The van der Waals surface area contributed by atoms with Gasteiger partial charge in [0.2, 0.25) is 0 Å². The number of amides is 1. The van der Waals surface area contributed by atoms with Crippen LogP contribution in [0.4, 0.5) is 0 Å². The van der Waals surface area contributed by atoms with Crippen LogP contribution in [0.3, 0.4) is 0 Å². The third-order valence-electron chi connectivity index (χ3n) is 1.36. The molecule has 0 saturated carbocycles. The SMILES string of the molecule is CO[C@H](CC(=O)O)C(=O)N(C)C. The van der Waals surface area contributed by atoms with Gasteiger partial charge in [0, 0.05) is 21.2 Å². The molecule has 1 N–H and O–H groups in total. The number of aliphatic carboxylic acids is 1. The van der Waals surface area contributed by atoms with E-state index in [-0.39, 0.29) is 12.3 Å². The number of likely N-dealkylation sites (N-methyl/N-ethyl adjacent to an activating group) is 1. The predicted octanol–water partition coefficient (Wildman–Crippen LogP) is -0.436. The average Bonchev–Trinajstić information content (AvgIpc) is 1.98. The fourth-order valence-electron chi connectivity index (χ4n) is 0.718. The van der Waals surface area contributed by atoms with E-state index in [4.69, 9.17) is 9.84 Å². The van der Waals surface area contributed by atoms with Gasteiger partial charge in [-0.1, -0.05) is 0 Å². The van der Waals surface area contributed by atoms with E-state index in [1.54, 1.807) is 14.1 Å². The Bertz CT molecular complexity index is 178. The molecule has 70 valence electrons. The molecule has 5 heteroatoms. The molecule has 0 heterocycles. The Morgan fingerprint density at radius 3 is 2.25 bits per heavy atom. The van der Waals surface area contributed by atoms with Crippen molar-refractivity contribution in [2.24, 2.45) is 0 Å². The van der Waals surface area contributed by atoms with Crippen molar-refractivity contribution in [2.45, 2.75) is 12.5 Å². The number of nitrogens with zero attached hydrogens (tertiary/aromatic N) is 1. The van der Waals surface area contributed by atoms with Crippen molar-refractivity contribution < 1.29 is 19.4 Å². The van der Waals surface area contributed by atoms with Crippen LogP contribution < -0.4 is 0 Å². The zero-order valence-electron chi connectivity index (χ0n) is 7.40. The lowest BCUT2D eigenvalue weighted by atomic mass is 10.2. The maximum Gasteiger partial charge on any atom is 0.306 e. The summed E-state index contributed by atoms with van der Waals surface area (Å²) in [6.07, 6.45) is -1.18. The van der Waals surface area contributed by atoms with Gasteiger partial charge in [-0.05, 0) is 0 Å². The minimum Gasteiger partial charge on any atom is -0.481 e. The molecule has 0 radical (unpaired) electrons. The van der Waals surface area contributed by atoms with Crippen LogP contribution in [0, 0.1) is 0 Å². The van der Waals surface area contributed by atoms with Crippen LogP contribution in [-0.4, -0.2) is 49.2 Å². The summed E-state index contributed by atoms with van der Waals surface area (Å²) < 4.78 is 4.71. The Kier molecular flexibility index (Phi) is 4.28. The van der Waals surface area contributed by atoms with E-state index < -0.39 is 12.1 Å². The minimum atomic E-state index is -1.04. The second kappa shape index (κ2) is 4.71. The van der Waals surface area contributed by atoms with Gasteiger partial charge in [0.05, 0.1) is 6.42 Å². The Morgan fingerprint density at radius 2 is 2.00 bits per heavy atom. The summed E-state index contributed by atoms with van der Waals surface area (Å²) in [5.74, 6) is -1.38. The summed E-state index contributed by atoms with van der Waals surface area (Å²) in [7, 11) is 4.42. The molecule has 0 spiro atoms. The Labute approximate surface area is 70.9 Å². The van der Waals surface area contributed by atoms with E-state index in [0.717, 1.165) is 0 Å². The fraction of sp³-hybridized carbons (Fsp3) is 0.714. The van der Waals surface area contributed by atoms with Gasteiger partial charge in [0.15, 0.2) is 0 Å². The van der Waals surface area contributed by atoms with Gasteiger partial charge in [-0.25, -0.2) is 0 Å². The standard InChI is InChI=1S/C7H13NO4/c1-8(2)7(11)5(12-3)4-6(9)10/h5H,4H2,1-3H3,(H,9,10)/t5-/m1/s1. The van der Waals surface area contributed by atoms with Crippen LogP contribution in [0.25, 0.3) is 0 Å². The van der Waals surface area contributed by atoms with E-state index in [1.807, 2.05) is 0 Å². The Morgan fingerprint density at radius 1 is 1.50 bits per heavy atom. The first-order valence-electron chi connectivity index (χ1n) is 3.44. The van der Waals surface area contributed by atoms with E-state index in [2.05, 4.69) is 0 Å². The highest BCUT2D eigenvalue weighted by Crippen LogP contribution is 2.00. The number of carbonyl (C=O) groups excluding carboxylic acids is 1. The number of rotatable bonds is 4. The summed E-state index contributed by atoms with van der Waals surface area (Å²) in [6, 6.07) is 0. The predicted molar refractivity (Wildman–Crippen MR) is 41.7 cm³/mol. The second-order valence-electron chi connectivity index (χ2n) is 2.55. The third kappa shape index (κ3) is 3.34.